The third kappa shape index (κ3) is 6.22. The van der Waals surface area contributed by atoms with Crippen molar-refractivity contribution in [2.24, 2.45) is 4.99 Å². The van der Waals surface area contributed by atoms with Crippen LogP contribution in [0.1, 0.15) is 18.1 Å². The molecule has 0 radical (unpaired) electrons. The summed E-state index contributed by atoms with van der Waals surface area (Å²) >= 11 is 0. The first-order valence-electron chi connectivity index (χ1n) is 9.81. The molecule has 2 aromatic carbocycles. The summed E-state index contributed by atoms with van der Waals surface area (Å²) in [5.74, 6) is 2.31. The van der Waals surface area contributed by atoms with Crippen molar-refractivity contribution in [2.75, 3.05) is 27.3 Å². The highest BCUT2D eigenvalue weighted by Crippen LogP contribution is 2.25. The number of nitrogens with one attached hydrogen (secondary N) is 2. The van der Waals surface area contributed by atoms with Crippen molar-refractivity contribution in [1.29, 1.82) is 0 Å². The van der Waals surface area contributed by atoms with Gasteiger partial charge in [0.1, 0.15) is 11.5 Å². The number of fused-ring (bicyclic) bond motifs is 1. The fourth-order valence-corrected chi connectivity index (χ4v) is 3.17. The average molecular weight is 520 g/mol. The second-order valence-electron chi connectivity index (χ2n) is 6.54. The van der Waals surface area contributed by atoms with Crippen molar-refractivity contribution in [1.82, 2.24) is 15.6 Å². The van der Waals surface area contributed by atoms with Gasteiger partial charge in [-0.2, -0.15) is 0 Å². The van der Waals surface area contributed by atoms with E-state index in [1.54, 1.807) is 14.2 Å². The van der Waals surface area contributed by atoms with E-state index in [1.165, 1.54) is 5.56 Å². The van der Waals surface area contributed by atoms with Crippen LogP contribution in [0, 0.1) is 0 Å². The highest BCUT2D eigenvalue weighted by molar-refractivity contribution is 14.0. The molecule has 0 atom stereocenters. The number of para-hydroxylation sites is 1. The lowest BCUT2D eigenvalue weighted by Crippen LogP contribution is -2.38. The van der Waals surface area contributed by atoms with Gasteiger partial charge < -0.3 is 20.1 Å². The van der Waals surface area contributed by atoms with E-state index in [0.717, 1.165) is 53.4 Å². The minimum atomic E-state index is 0. The first-order valence-corrected chi connectivity index (χ1v) is 9.81. The quantitative estimate of drug-likeness (QED) is 0.265. The van der Waals surface area contributed by atoms with Crippen molar-refractivity contribution in [2.45, 2.75) is 19.9 Å². The summed E-state index contributed by atoms with van der Waals surface area (Å²) < 4.78 is 10.7. The molecule has 0 aliphatic rings. The lowest BCUT2D eigenvalue weighted by molar-refractivity contribution is 0.391. The Morgan fingerprint density at radius 2 is 1.83 bits per heavy atom. The average Bonchev–Trinajstić information content (AvgIpc) is 2.77. The molecular weight excluding hydrogens is 491 g/mol. The Morgan fingerprint density at radius 3 is 2.60 bits per heavy atom. The van der Waals surface area contributed by atoms with Crippen molar-refractivity contribution in [3.8, 4) is 11.5 Å². The number of nitrogens with zero attached hydrogens (tertiary/aromatic N) is 2. The van der Waals surface area contributed by atoms with Crippen LogP contribution in [-0.4, -0.2) is 38.3 Å². The summed E-state index contributed by atoms with van der Waals surface area (Å²) in [5, 5.41) is 7.87. The molecule has 3 rings (SSSR count). The number of methoxy groups -OCH3 is 2. The van der Waals surface area contributed by atoms with Gasteiger partial charge in [0.05, 0.1) is 26.3 Å². The maximum Gasteiger partial charge on any atom is 0.191 e. The maximum absolute atomic E-state index is 5.46. The zero-order chi connectivity index (χ0) is 20.5. The fraction of sp³-hybridized carbons (Fsp3) is 0.304. The molecule has 0 spiro atoms. The molecule has 160 valence electrons. The Labute approximate surface area is 195 Å². The maximum atomic E-state index is 5.46. The third-order valence-electron chi connectivity index (χ3n) is 4.65. The Morgan fingerprint density at radius 1 is 1.00 bits per heavy atom. The van der Waals surface area contributed by atoms with Crippen LogP contribution in [0.5, 0.6) is 11.5 Å². The molecule has 0 amide bonds. The molecule has 7 heteroatoms. The van der Waals surface area contributed by atoms with E-state index < -0.39 is 0 Å². The molecule has 0 aliphatic heterocycles. The molecule has 3 aromatic rings. The molecule has 0 fully saturated rings. The van der Waals surface area contributed by atoms with Crippen LogP contribution in [0.25, 0.3) is 10.9 Å². The van der Waals surface area contributed by atoms with E-state index in [2.05, 4.69) is 46.8 Å². The van der Waals surface area contributed by atoms with E-state index in [1.807, 2.05) is 30.5 Å². The second-order valence-corrected chi connectivity index (χ2v) is 6.54. The van der Waals surface area contributed by atoms with Crippen molar-refractivity contribution in [3.05, 3.63) is 65.9 Å². The molecule has 6 nitrogen and oxygen atoms in total. The topological polar surface area (TPSA) is 67.8 Å². The van der Waals surface area contributed by atoms with Crippen LogP contribution in [-0.2, 0) is 13.0 Å². The molecule has 1 aromatic heterocycles. The Bertz CT molecular complexity index is 973. The van der Waals surface area contributed by atoms with Crippen molar-refractivity contribution < 1.29 is 9.47 Å². The van der Waals surface area contributed by atoms with Crippen molar-refractivity contribution >= 4 is 40.8 Å². The van der Waals surface area contributed by atoms with Gasteiger partial charge in [0.2, 0.25) is 0 Å². The van der Waals surface area contributed by atoms with Gasteiger partial charge in [-0.3, -0.25) is 4.98 Å². The number of hydrogen-bond donors (Lipinski definition) is 2. The van der Waals surface area contributed by atoms with E-state index in [-0.39, 0.29) is 24.0 Å². The van der Waals surface area contributed by atoms with Crippen LogP contribution in [0.15, 0.2) is 59.7 Å². The highest BCUT2D eigenvalue weighted by atomic mass is 127. The van der Waals surface area contributed by atoms with E-state index in [4.69, 9.17) is 14.5 Å². The van der Waals surface area contributed by atoms with Gasteiger partial charge in [-0.15, -0.1) is 24.0 Å². The summed E-state index contributed by atoms with van der Waals surface area (Å²) in [6.07, 6.45) is 2.71. The van der Waals surface area contributed by atoms with Crippen LogP contribution in [0.2, 0.25) is 0 Å². The summed E-state index contributed by atoms with van der Waals surface area (Å²) in [5.41, 5.74) is 3.29. The van der Waals surface area contributed by atoms with Crippen molar-refractivity contribution in [3.63, 3.8) is 0 Å². The van der Waals surface area contributed by atoms with Crippen LogP contribution in [0.4, 0.5) is 0 Å². The normalized spacial score (nSPS) is 11.0. The molecule has 0 saturated heterocycles. The summed E-state index contributed by atoms with van der Waals surface area (Å²) in [6, 6.07) is 16.1. The van der Waals surface area contributed by atoms with Gasteiger partial charge in [0.15, 0.2) is 5.96 Å². The predicted molar refractivity (Wildman–Crippen MR) is 133 cm³/mol. The predicted octanol–water partition coefficient (Wildman–Crippen LogP) is 4.17. The number of guanidine groups is 1. The standard InChI is InChI=1S/C23H28N4O2.HI/c1-4-24-23(27-16-19-10-11-20(28-2)15-21(19)29-3)26-14-12-18-8-5-7-17-9-6-13-25-22(17)18;/h5-11,13,15H,4,12,14,16H2,1-3H3,(H2,24,26,27);1H. The van der Waals surface area contributed by atoms with Crippen LogP contribution < -0.4 is 20.1 Å². The lowest BCUT2D eigenvalue weighted by atomic mass is 10.1. The fourth-order valence-electron chi connectivity index (χ4n) is 3.17. The molecule has 30 heavy (non-hydrogen) atoms. The molecular formula is C23H29IN4O2. The third-order valence-corrected chi connectivity index (χ3v) is 4.65. The molecule has 2 N–H and O–H groups in total. The van der Waals surface area contributed by atoms with Gasteiger partial charge in [-0.05, 0) is 37.1 Å². The number of hydrogen-bond acceptors (Lipinski definition) is 4. The summed E-state index contributed by atoms with van der Waals surface area (Å²) in [6.45, 7) is 4.13. The number of aliphatic imine (C=N–C) groups is 1. The van der Waals surface area contributed by atoms with E-state index >= 15 is 0 Å². The second kappa shape index (κ2) is 12.2. The molecule has 0 aliphatic carbocycles. The zero-order valence-corrected chi connectivity index (χ0v) is 20.0. The van der Waals surface area contributed by atoms with Crippen LogP contribution in [0.3, 0.4) is 0 Å². The van der Waals surface area contributed by atoms with E-state index in [0.29, 0.717) is 6.54 Å². The first-order chi connectivity index (χ1) is 14.2. The Hall–Kier alpha value is -2.55. The SMILES string of the molecule is CCNC(=NCc1ccc(OC)cc1OC)NCCc1cccc2cccnc12.I. The number of halogens is 1. The number of rotatable bonds is 8. The minimum absolute atomic E-state index is 0. The Kier molecular flexibility index (Phi) is 9.66. The summed E-state index contributed by atoms with van der Waals surface area (Å²) in [4.78, 5) is 9.23. The van der Waals surface area contributed by atoms with E-state index in [9.17, 15) is 0 Å². The minimum Gasteiger partial charge on any atom is -0.497 e. The molecule has 0 bridgehead atoms. The van der Waals surface area contributed by atoms with Gasteiger partial charge >= 0.3 is 0 Å². The van der Waals surface area contributed by atoms with Gasteiger partial charge in [0.25, 0.3) is 0 Å². The lowest BCUT2D eigenvalue weighted by Gasteiger charge is -2.13. The van der Waals surface area contributed by atoms with Gasteiger partial charge in [-0.25, -0.2) is 4.99 Å². The molecule has 0 saturated carbocycles. The van der Waals surface area contributed by atoms with Gasteiger partial charge in [0, 0.05) is 36.3 Å². The molecule has 0 unspecified atom stereocenters. The number of aromatic nitrogens is 1. The first kappa shape index (κ1) is 23.7. The highest BCUT2D eigenvalue weighted by Gasteiger charge is 2.06. The zero-order valence-electron chi connectivity index (χ0n) is 17.6. The van der Waals surface area contributed by atoms with Gasteiger partial charge in [-0.1, -0.05) is 24.3 Å². The smallest absolute Gasteiger partial charge is 0.191 e. The largest absolute Gasteiger partial charge is 0.497 e. The Balaban J connectivity index is 0.00000320. The van der Waals surface area contributed by atoms with Crippen LogP contribution >= 0.6 is 24.0 Å². The summed E-state index contributed by atoms with van der Waals surface area (Å²) in [7, 11) is 3.30. The number of pyridine rings is 1. The number of ether oxygens (including phenoxy) is 2. The number of benzene rings is 2. The monoisotopic (exact) mass is 520 g/mol. The molecule has 1 heterocycles.